The van der Waals surface area contributed by atoms with Gasteiger partial charge in [0.05, 0.1) is 0 Å². The summed E-state index contributed by atoms with van der Waals surface area (Å²) in [6.07, 6.45) is 4.17. The minimum atomic E-state index is 0.108. The lowest BCUT2D eigenvalue weighted by Gasteiger charge is -2.00. The van der Waals surface area contributed by atoms with Gasteiger partial charge < -0.3 is 10.2 Å². The highest BCUT2D eigenvalue weighted by molar-refractivity contribution is 7.99. The first-order valence-corrected chi connectivity index (χ1v) is 5.85. The number of hydrogen-bond donors (Lipinski definition) is 1. The van der Waals surface area contributed by atoms with Gasteiger partial charge in [0.1, 0.15) is 5.76 Å². The highest BCUT2D eigenvalue weighted by atomic mass is 32.2. The van der Waals surface area contributed by atoms with E-state index < -0.39 is 0 Å². The summed E-state index contributed by atoms with van der Waals surface area (Å²) in [5, 5.41) is 1.48. The highest BCUT2D eigenvalue weighted by Gasteiger charge is 2.07. The molecule has 0 radical (unpaired) electrons. The maximum Gasteiger partial charge on any atom is 0.195 e. The average Bonchev–Trinajstić information content (AvgIpc) is 2.66. The van der Waals surface area contributed by atoms with Gasteiger partial charge in [-0.15, -0.1) is 0 Å². The Bertz CT molecular complexity index is 442. The molecule has 0 amide bonds. The predicted molar refractivity (Wildman–Crippen MR) is 62.2 cm³/mol. The van der Waals surface area contributed by atoms with Crippen molar-refractivity contribution in [1.29, 1.82) is 0 Å². The Morgan fingerprint density at radius 1 is 1.38 bits per heavy atom. The lowest BCUT2D eigenvalue weighted by molar-refractivity contribution is 0.421. The fourth-order valence-corrected chi connectivity index (χ4v) is 1.96. The zero-order valence-corrected chi connectivity index (χ0v) is 9.78. The second-order valence-corrected chi connectivity index (χ2v) is 4.51. The summed E-state index contributed by atoms with van der Waals surface area (Å²) in [5.74, 6) is 0.897. The summed E-state index contributed by atoms with van der Waals surface area (Å²) in [5.41, 5.74) is 5.69. The molecule has 5 heteroatoms. The van der Waals surface area contributed by atoms with E-state index in [1.165, 1.54) is 11.8 Å². The van der Waals surface area contributed by atoms with Gasteiger partial charge in [-0.25, -0.2) is 9.97 Å². The van der Waals surface area contributed by atoms with E-state index in [4.69, 9.17) is 10.2 Å². The van der Waals surface area contributed by atoms with Crippen LogP contribution >= 0.6 is 11.8 Å². The van der Waals surface area contributed by atoms with Crippen molar-refractivity contribution >= 4 is 11.8 Å². The molecule has 2 rings (SSSR count). The molecular formula is C11H13N3OS. The molecule has 2 heterocycles. The predicted octanol–water partition coefficient (Wildman–Crippen LogP) is 2.11. The van der Waals surface area contributed by atoms with E-state index in [-0.39, 0.29) is 6.04 Å². The molecule has 2 aromatic rings. The molecule has 84 valence electrons. The minimum absolute atomic E-state index is 0.108. The van der Waals surface area contributed by atoms with Gasteiger partial charge in [0.2, 0.25) is 0 Å². The van der Waals surface area contributed by atoms with Crippen molar-refractivity contribution in [2.45, 2.75) is 29.6 Å². The number of furan rings is 1. The first-order valence-electron chi connectivity index (χ1n) is 5.03. The zero-order chi connectivity index (χ0) is 11.4. The molecule has 0 aliphatic heterocycles. The van der Waals surface area contributed by atoms with E-state index in [1.807, 2.05) is 19.1 Å². The van der Waals surface area contributed by atoms with Gasteiger partial charge in [0, 0.05) is 24.9 Å². The van der Waals surface area contributed by atoms with Crippen molar-refractivity contribution in [3.05, 3.63) is 36.4 Å². The molecule has 0 saturated carbocycles. The fourth-order valence-electron chi connectivity index (χ4n) is 1.27. The summed E-state index contributed by atoms with van der Waals surface area (Å²) in [6, 6.07) is 5.75. The van der Waals surface area contributed by atoms with Crippen LogP contribution in [0.4, 0.5) is 0 Å². The molecule has 2 aromatic heterocycles. The average molecular weight is 235 g/mol. The summed E-state index contributed by atoms with van der Waals surface area (Å²) in [6.45, 7) is 1.95. The van der Waals surface area contributed by atoms with Crippen molar-refractivity contribution in [3.8, 4) is 0 Å². The molecule has 0 bridgehead atoms. The van der Waals surface area contributed by atoms with Gasteiger partial charge in [-0.05, 0) is 36.9 Å². The third kappa shape index (κ3) is 3.08. The zero-order valence-electron chi connectivity index (χ0n) is 8.96. The summed E-state index contributed by atoms with van der Waals surface area (Å²) in [4.78, 5) is 8.22. The second-order valence-electron chi connectivity index (χ2n) is 3.54. The first-order chi connectivity index (χ1) is 7.74. The number of rotatable bonds is 4. The monoisotopic (exact) mass is 235 g/mol. The van der Waals surface area contributed by atoms with Crippen LogP contribution in [-0.2, 0) is 6.42 Å². The topological polar surface area (TPSA) is 64.9 Å². The third-order valence-corrected chi connectivity index (χ3v) is 2.71. The molecule has 0 aliphatic carbocycles. The Balaban J connectivity index is 2.03. The maximum absolute atomic E-state index is 5.69. The summed E-state index contributed by atoms with van der Waals surface area (Å²) in [7, 11) is 0. The largest absolute Gasteiger partial charge is 0.454 e. The van der Waals surface area contributed by atoms with E-state index in [0.717, 1.165) is 17.3 Å². The Labute approximate surface area is 98.3 Å². The van der Waals surface area contributed by atoms with E-state index >= 15 is 0 Å². The van der Waals surface area contributed by atoms with Crippen LogP contribution in [0.1, 0.15) is 12.7 Å². The number of nitrogens with zero attached hydrogens (tertiary/aromatic N) is 2. The van der Waals surface area contributed by atoms with Gasteiger partial charge in [0.15, 0.2) is 10.2 Å². The molecule has 0 aliphatic rings. The standard InChI is InChI=1S/C11H13N3OS/c1-8(12)7-9-3-4-10(15-9)16-11-13-5-2-6-14-11/h2-6,8H,7,12H2,1H3. The van der Waals surface area contributed by atoms with Crippen molar-refractivity contribution in [1.82, 2.24) is 9.97 Å². The number of nitrogens with two attached hydrogens (primary N) is 1. The van der Waals surface area contributed by atoms with Crippen molar-refractivity contribution < 1.29 is 4.42 Å². The summed E-state index contributed by atoms with van der Waals surface area (Å²) < 4.78 is 5.60. The molecule has 0 aromatic carbocycles. The van der Waals surface area contributed by atoms with Gasteiger partial charge in [-0.3, -0.25) is 0 Å². The normalized spacial score (nSPS) is 12.6. The molecular weight excluding hydrogens is 222 g/mol. The van der Waals surface area contributed by atoms with Gasteiger partial charge in [-0.1, -0.05) is 0 Å². The van der Waals surface area contributed by atoms with Crippen LogP contribution in [0.3, 0.4) is 0 Å². The van der Waals surface area contributed by atoms with Gasteiger partial charge in [-0.2, -0.15) is 0 Å². The second kappa shape index (κ2) is 5.14. The Kier molecular flexibility index (Phi) is 3.58. The maximum atomic E-state index is 5.69. The molecule has 0 fully saturated rings. The van der Waals surface area contributed by atoms with E-state index in [9.17, 15) is 0 Å². The molecule has 16 heavy (non-hydrogen) atoms. The van der Waals surface area contributed by atoms with Gasteiger partial charge in [0.25, 0.3) is 0 Å². The van der Waals surface area contributed by atoms with Crippen LogP contribution in [-0.4, -0.2) is 16.0 Å². The van der Waals surface area contributed by atoms with Crippen molar-refractivity contribution in [2.24, 2.45) is 5.73 Å². The van der Waals surface area contributed by atoms with Crippen LogP contribution in [0.25, 0.3) is 0 Å². The van der Waals surface area contributed by atoms with Crippen LogP contribution in [0.5, 0.6) is 0 Å². The molecule has 0 spiro atoms. The molecule has 2 N–H and O–H groups in total. The third-order valence-electron chi connectivity index (χ3n) is 1.89. The Morgan fingerprint density at radius 3 is 2.81 bits per heavy atom. The Morgan fingerprint density at radius 2 is 2.12 bits per heavy atom. The van der Waals surface area contributed by atoms with Crippen LogP contribution in [0.15, 0.2) is 45.3 Å². The SMILES string of the molecule is CC(N)Cc1ccc(Sc2ncccn2)o1. The van der Waals surface area contributed by atoms with E-state index in [1.54, 1.807) is 18.5 Å². The summed E-state index contributed by atoms with van der Waals surface area (Å²) >= 11 is 1.41. The minimum Gasteiger partial charge on any atom is -0.454 e. The van der Waals surface area contributed by atoms with E-state index in [2.05, 4.69) is 9.97 Å². The molecule has 1 atom stereocenters. The van der Waals surface area contributed by atoms with Gasteiger partial charge >= 0.3 is 0 Å². The van der Waals surface area contributed by atoms with Crippen LogP contribution in [0.2, 0.25) is 0 Å². The van der Waals surface area contributed by atoms with Crippen LogP contribution in [0, 0.1) is 0 Å². The lowest BCUT2D eigenvalue weighted by atomic mass is 10.2. The van der Waals surface area contributed by atoms with Crippen molar-refractivity contribution in [3.63, 3.8) is 0 Å². The van der Waals surface area contributed by atoms with Crippen LogP contribution < -0.4 is 5.73 Å². The highest BCUT2D eigenvalue weighted by Crippen LogP contribution is 2.26. The Hall–Kier alpha value is -1.33. The fraction of sp³-hybridized carbons (Fsp3) is 0.273. The smallest absolute Gasteiger partial charge is 0.195 e. The number of hydrogen-bond acceptors (Lipinski definition) is 5. The molecule has 1 unspecified atom stereocenters. The molecule has 0 saturated heterocycles. The van der Waals surface area contributed by atoms with E-state index in [0.29, 0.717) is 5.16 Å². The molecule has 4 nitrogen and oxygen atoms in total. The lowest BCUT2D eigenvalue weighted by Crippen LogP contribution is -2.17. The first kappa shape index (κ1) is 11.2. The quantitative estimate of drug-likeness (QED) is 0.822. The van der Waals surface area contributed by atoms with Crippen molar-refractivity contribution in [2.75, 3.05) is 0 Å². The number of aromatic nitrogens is 2.